The molecular weight excluding hydrogens is 321 g/mol. The van der Waals surface area contributed by atoms with Crippen LogP contribution in [-0.2, 0) is 23.5 Å². The van der Waals surface area contributed by atoms with Crippen molar-refractivity contribution in [2.75, 3.05) is 21.3 Å². The Balaban J connectivity index is 0.000000534. The molecule has 0 aromatic carbocycles. The Hall–Kier alpha value is -0.643. The van der Waals surface area contributed by atoms with Crippen molar-refractivity contribution >= 4 is 14.5 Å². The Labute approximate surface area is 130 Å². The van der Waals surface area contributed by atoms with Crippen LogP contribution >= 0.6 is 0 Å². The molecule has 22 heavy (non-hydrogen) atoms. The molecule has 1 heterocycles. The minimum absolute atomic E-state index is 0.122. The Morgan fingerprint density at radius 1 is 1.18 bits per heavy atom. The van der Waals surface area contributed by atoms with Crippen LogP contribution in [0.25, 0.3) is 0 Å². The first-order valence-corrected chi connectivity index (χ1v) is 9.10. The van der Waals surface area contributed by atoms with E-state index in [2.05, 4.69) is 6.92 Å². The molecule has 0 spiro atoms. The quantitative estimate of drug-likeness (QED) is 0.718. The van der Waals surface area contributed by atoms with Gasteiger partial charge in [0.15, 0.2) is 0 Å². The molecule has 1 unspecified atom stereocenters. The zero-order valence-electron chi connectivity index (χ0n) is 13.4. The van der Waals surface area contributed by atoms with Gasteiger partial charge in [-0.05, 0) is 18.9 Å². The third-order valence-corrected chi connectivity index (χ3v) is 8.39. The molecule has 1 aliphatic rings. The normalized spacial score (nSPS) is 24.3. The summed E-state index contributed by atoms with van der Waals surface area (Å²) in [4.78, 5) is 8.78. The maximum atomic E-state index is 10.5. The summed E-state index contributed by atoms with van der Waals surface area (Å²) in [5, 5.41) is 8.66. The summed E-state index contributed by atoms with van der Waals surface area (Å²) in [7, 11) is 3.22. The lowest BCUT2D eigenvalue weighted by Crippen LogP contribution is -2.64. The van der Waals surface area contributed by atoms with Crippen LogP contribution < -0.4 is 0 Å². The molecule has 1 atom stereocenters. The fourth-order valence-electron chi connectivity index (χ4n) is 2.92. The molecule has 131 valence electrons. The Kier molecular flexibility index (Phi) is 8.59. The second-order valence-corrected chi connectivity index (χ2v) is 8.84. The fourth-order valence-corrected chi connectivity index (χ4v) is 6.91. The predicted octanol–water partition coefficient (Wildman–Crippen LogP) is 3.14. The summed E-state index contributed by atoms with van der Waals surface area (Å²) in [6.45, 7) is 2.19. The van der Waals surface area contributed by atoms with E-state index in [1.165, 1.54) is 12.8 Å². The van der Waals surface area contributed by atoms with Crippen LogP contribution in [0.15, 0.2) is 0 Å². The fraction of sp³-hybridized carbons (Fsp3) is 0.923. The number of halogens is 3. The van der Waals surface area contributed by atoms with E-state index in [0.29, 0.717) is 0 Å². The SMILES string of the molecule is CCCC1(OC)CCCC[Si]1(OC)OC.[O]C(=O)C(F)(F)F. The van der Waals surface area contributed by atoms with Crippen molar-refractivity contribution in [1.29, 1.82) is 0 Å². The molecule has 0 aromatic heterocycles. The van der Waals surface area contributed by atoms with Crippen LogP contribution in [0.5, 0.6) is 0 Å². The first-order valence-electron chi connectivity index (χ1n) is 7.08. The molecule has 0 N–H and O–H groups in total. The summed E-state index contributed by atoms with van der Waals surface area (Å²) in [6.07, 6.45) is 0.510. The zero-order valence-corrected chi connectivity index (χ0v) is 14.4. The molecule has 1 radical (unpaired) electrons. The van der Waals surface area contributed by atoms with E-state index >= 15 is 0 Å². The van der Waals surface area contributed by atoms with Crippen molar-refractivity contribution < 1.29 is 36.7 Å². The van der Waals surface area contributed by atoms with Crippen molar-refractivity contribution in [3.8, 4) is 0 Å². The largest absolute Gasteiger partial charge is 0.495 e. The van der Waals surface area contributed by atoms with Gasteiger partial charge in [0, 0.05) is 21.3 Å². The standard InChI is InChI=1S/C11H24O3Si.C2F3O2/c1-5-8-11(12-2)9-6-7-10-15(11,13-3)14-4;3-2(4,5)1(6)7/h5-10H2,1-4H3;. The molecule has 0 saturated carbocycles. The van der Waals surface area contributed by atoms with Crippen molar-refractivity contribution in [1.82, 2.24) is 0 Å². The van der Waals surface area contributed by atoms with E-state index in [4.69, 9.17) is 23.5 Å². The van der Waals surface area contributed by atoms with Gasteiger partial charge < -0.3 is 13.6 Å². The molecule has 0 aliphatic carbocycles. The van der Waals surface area contributed by atoms with Gasteiger partial charge in [-0.1, -0.05) is 26.2 Å². The minimum atomic E-state index is -5.19. The third kappa shape index (κ3) is 4.93. The topological polar surface area (TPSA) is 64.7 Å². The lowest BCUT2D eigenvalue weighted by atomic mass is 10.1. The summed E-state index contributed by atoms with van der Waals surface area (Å²) in [5.41, 5.74) is 0. The summed E-state index contributed by atoms with van der Waals surface area (Å²) in [5.74, 6) is -3.01. The summed E-state index contributed by atoms with van der Waals surface area (Å²) < 4.78 is 48.9. The van der Waals surface area contributed by atoms with Gasteiger partial charge in [-0.25, -0.2) is 9.90 Å². The average molecular weight is 345 g/mol. The number of hydrogen-bond donors (Lipinski definition) is 0. The Bertz CT molecular complexity index is 343. The maximum absolute atomic E-state index is 10.5. The van der Waals surface area contributed by atoms with E-state index in [1.54, 1.807) is 21.3 Å². The molecule has 5 nitrogen and oxygen atoms in total. The lowest BCUT2D eigenvalue weighted by molar-refractivity contribution is -0.199. The predicted molar refractivity (Wildman–Crippen MR) is 74.8 cm³/mol. The van der Waals surface area contributed by atoms with Crippen molar-refractivity contribution in [3.05, 3.63) is 0 Å². The lowest BCUT2D eigenvalue weighted by Gasteiger charge is -2.47. The van der Waals surface area contributed by atoms with Gasteiger partial charge in [0.05, 0.1) is 0 Å². The molecule has 1 saturated heterocycles. The van der Waals surface area contributed by atoms with Gasteiger partial charge in [0.2, 0.25) is 0 Å². The minimum Gasteiger partial charge on any atom is -0.396 e. The van der Waals surface area contributed by atoms with Gasteiger partial charge in [0.25, 0.3) is 0 Å². The number of methoxy groups -OCH3 is 1. The van der Waals surface area contributed by atoms with E-state index in [1.807, 2.05) is 0 Å². The van der Waals surface area contributed by atoms with Crippen LogP contribution in [0.2, 0.25) is 6.04 Å². The highest BCUT2D eigenvalue weighted by Gasteiger charge is 2.58. The smallest absolute Gasteiger partial charge is 0.396 e. The summed E-state index contributed by atoms with van der Waals surface area (Å²) >= 11 is 0. The van der Waals surface area contributed by atoms with Crippen molar-refractivity contribution in [2.45, 2.75) is 56.5 Å². The number of rotatable bonds is 5. The molecule has 0 bridgehead atoms. The number of hydrogen-bond acceptors (Lipinski definition) is 4. The van der Waals surface area contributed by atoms with Crippen molar-refractivity contribution in [2.24, 2.45) is 0 Å². The maximum Gasteiger partial charge on any atom is 0.495 e. The molecular formula is C13H24F3O5Si. The molecule has 1 rings (SSSR count). The zero-order chi connectivity index (χ0) is 17.4. The van der Waals surface area contributed by atoms with Crippen LogP contribution in [0.4, 0.5) is 13.2 Å². The third-order valence-electron chi connectivity index (χ3n) is 3.97. The van der Waals surface area contributed by atoms with Crippen LogP contribution in [0, 0.1) is 0 Å². The van der Waals surface area contributed by atoms with E-state index in [-0.39, 0.29) is 5.22 Å². The van der Waals surface area contributed by atoms with E-state index in [9.17, 15) is 13.2 Å². The van der Waals surface area contributed by atoms with Crippen LogP contribution in [-0.4, -0.2) is 47.3 Å². The van der Waals surface area contributed by atoms with E-state index < -0.39 is 20.7 Å². The molecule has 0 aromatic rings. The molecule has 0 amide bonds. The number of carbonyl (C=O) groups is 1. The first kappa shape index (κ1) is 21.4. The van der Waals surface area contributed by atoms with Gasteiger partial charge in [0.1, 0.15) is 5.22 Å². The van der Waals surface area contributed by atoms with Gasteiger partial charge in [-0.15, -0.1) is 0 Å². The first-order chi connectivity index (χ1) is 10.1. The summed E-state index contributed by atoms with van der Waals surface area (Å²) in [6, 6.07) is 1.06. The van der Waals surface area contributed by atoms with Crippen LogP contribution in [0.3, 0.4) is 0 Å². The number of ether oxygens (including phenoxy) is 1. The molecule has 1 fully saturated rings. The Morgan fingerprint density at radius 3 is 2.00 bits per heavy atom. The second-order valence-electron chi connectivity index (χ2n) is 5.10. The van der Waals surface area contributed by atoms with E-state index in [0.717, 1.165) is 25.3 Å². The Morgan fingerprint density at radius 2 is 1.68 bits per heavy atom. The van der Waals surface area contributed by atoms with Gasteiger partial charge in [-0.3, -0.25) is 0 Å². The van der Waals surface area contributed by atoms with Crippen LogP contribution in [0.1, 0.15) is 39.0 Å². The highest BCUT2D eigenvalue weighted by molar-refractivity contribution is 6.70. The number of carbonyl (C=O) groups excluding carboxylic acids is 1. The highest BCUT2D eigenvalue weighted by Crippen LogP contribution is 2.42. The second kappa shape index (κ2) is 8.85. The monoisotopic (exact) mass is 345 g/mol. The van der Waals surface area contributed by atoms with Crippen molar-refractivity contribution in [3.63, 3.8) is 0 Å². The molecule has 9 heteroatoms. The van der Waals surface area contributed by atoms with Gasteiger partial charge in [-0.2, -0.15) is 13.2 Å². The number of alkyl halides is 3. The molecule has 1 aliphatic heterocycles. The highest BCUT2D eigenvalue weighted by atomic mass is 28.4. The van der Waals surface area contributed by atoms with Gasteiger partial charge >= 0.3 is 20.7 Å². The average Bonchev–Trinajstić information content (AvgIpc) is 2.47.